The van der Waals surface area contributed by atoms with Crippen LogP contribution >= 0.6 is 0 Å². The number of carbonyl (C=O) groups excluding carboxylic acids is 2. The van der Waals surface area contributed by atoms with Gasteiger partial charge in [0, 0.05) is 17.6 Å². The highest BCUT2D eigenvalue weighted by molar-refractivity contribution is 5.95. The molecule has 4 nitrogen and oxygen atoms in total. The number of hydrogen-bond donors (Lipinski definition) is 1. The van der Waals surface area contributed by atoms with Crippen LogP contribution < -0.4 is 5.73 Å². The van der Waals surface area contributed by atoms with Gasteiger partial charge >= 0.3 is 0 Å². The molecule has 2 atom stereocenters. The molecule has 1 fully saturated rings. The largest absolute Gasteiger partial charge is 0.369 e. The van der Waals surface area contributed by atoms with E-state index >= 15 is 0 Å². The van der Waals surface area contributed by atoms with E-state index in [9.17, 15) is 9.59 Å². The topological polar surface area (TPSA) is 63.4 Å². The van der Waals surface area contributed by atoms with Crippen LogP contribution in [0.3, 0.4) is 0 Å². The Morgan fingerprint density at radius 2 is 1.68 bits per heavy atom. The smallest absolute Gasteiger partial charge is 0.254 e. The molecule has 0 saturated carbocycles. The summed E-state index contributed by atoms with van der Waals surface area (Å²) in [6.07, 6.45) is 2.34. The number of nitrogens with zero attached hydrogens (tertiary/aromatic N) is 1. The summed E-state index contributed by atoms with van der Waals surface area (Å²) < 4.78 is 0. The molecule has 0 aliphatic carbocycles. The molecular formula is C15H20N2O2. The van der Waals surface area contributed by atoms with E-state index in [0.717, 1.165) is 18.4 Å². The van der Waals surface area contributed by atoms with Crippen molar-refractivity contribution in [2.45, 2.75) is 45.2 Å². The Hall–Kier alpha value is -1.84. The van der Waals surface area contributed by atoms with E-state index in [1.165, 1.54) is 0 Å². The predicted molar refractivity (Wildman–Crippen MR) is 73.7 cm³/mol. The van der Waals surface area contributed by atoms with Crippen molar-refractivity contribution in [2.75, 3.05) is 0 Å². The normalized spacial score (nSPS) is 22.5. The van der Waals surface area contributed by atoms with Crippen LogP contribution in [0.15, 0.2) is 24.3 Å². The van der Waals surface area contributed by atoms with Gasteiger partial charge in [-0.25, -0.2) is 0 Å². The molecule has 4 heteroatoms. The van der Waals surface area contributed by atoms with Gasteiger partial charge in [-0.3, -0.25) is 9.59 Å². The van der Waals surface area contributed by atoms with Gasteiger partial charge in [0.15, 0.2) is 0 Å². The monoisotopic (exact) mass is 260 g/mol. The van der Waals surface area contributed by atoms with Gasteiger partial charge in [-0.2, -0.15) is 0 Å². The molecule has 2 rings (SSSR count). The molecule has 0 radical (unpaired) electrons. The average molecular weight is 260 g/mol. The minimum atomic E-state index is -0.360. The van der Waals surface area contributed by atoms with E-state index in [1.54, 1.807) is 24.3 Å². The highest BCUT2D eigenvalue weighted by Gasteiger charge is 2.31. The number of hydrogen-bond acceptors (Lipinski definition) is 2. The first kappa shape index (κ1) is 13.6. The Morgan fingerprint density at radius 3 is 2.16 bits per heavy atom. The summed E-state index contributed by atoms with van der Waals surface area (Å²) in [6.45, 7) is 4.17. The highest BCUT2D eigenvalue weighted by Crippen LogP contribution is 2.25. The molecule has 1 heterocycles. The van der Waals surface area contributed by atoms with Crippen LogP contribution in [0.25, 0.3) is 0 Å². The first-order chi connectivity index (χ1) is 8.99. The van der Waals surface area contributed by atoms with Crippen molar-refractivity contribution in [3.8, 4) is 0 Å². The van der Waals surface area contributed by atoms with E-state index < -0.39 is 0 Å². The lowest BCUT2D eigenvalue weighted by Crippen LogP contribution is -2.38. The molecule has 102 valence electrons. The van der Waals surface area contributed by atoms with Gasteiger partial charge in [-0.15, -0.1) is 0 Å². The molecule has 1 aliphatic heterocycles. The van der Waals surface area contributed by atoms with Crippen LogP contribution in [0.2, 0.25) is 0 Å². The summed E-state index contributed by atoms with van der Waals surface area (Å²) in [7, 11) is 0. The number of amides is 2. The van der Waals surface area contributed by atoms with Gasteiger partial charge in [0.05, 0.1) is 6.42 Å². The minimum Gasteiger partial charge on any atom is -0.369 e. The zero-order chi connectivity index (χ0) is 14.0. The molecule has 0 aromatic heterocycles. The maximum Gasteiger partial charge on any atom is 0.254 e. The van der Waals surface area contributed by atoms with Gasteiger partial charge in [0.1, 0.15) is 0 Å². The van der Waals surface area contributed by atoms with Gasteiger partial charge in [-0.1, -0.05) is 12.1 Å². The summed E-state index contributed by atoms with van der Waals surface area (Å²) in [5.41, 5.74) is 6.66. The lowest BCUT2D eigenvalue weighted by Gasteiger charge is -2.26. The number of carbonyl (C=O) groups is 2. The summed E-state index contributed by atoms with van der Waals surface area (Å²) in [4.78, 5) is 25.2. The van der Waals surface area contributed by atoms with Crippen LogP contribution in [0.4, 0.5) is 0 Å². The average Bonchev–Trinajstić information content (AvgIpc) is 2.68. The maximum absolute atomic E-state index is 12.4. The van der Waals surface area contributed by atoms with E-state index in [-0.39, 0.29) is 18.2 Å². The molecule has 19 heavy (non-hydrogen) atoms. The van der Waals surface area contributed by atoms with Crippen molar-refractivity contribution in [3.63, 3.8) is 0 Å². The Labute approximate surface area is 113 Å². The van der Waals surface area contributed by atoms with E-state index in [2.05, 4.69) is 13.8 Å². The number of benzene rings is 1. The van der Waals surface area contributed by atoms with Crippen molar-refractivity contribution in [3.05, 3.63) is 35.4 Å². The molecule has 2 unspecified atom stereocenters. The van der Waals surface area contributed by atoms with Gasteiger partial charge in [0.25, 0.3) is 5.91 Å². The Balaban J connectivity index is 2.13. The first-order valence-corrected chi connectivity index (χ1v) is 6.69. The van der Waals surface area contributed by atoms with Crippen molar-refractivity contribution in [1.82, 2.24) is 4.90 Å². The third kappa shape index (κ3) is 2.95. The molecule has 1 aromatic rings. The van der Waals surface area contributed by atoms with Gasteiger partial charge < -0.3 is 10.6 Å². The summed E-state index contributed by atoms with van der Waals surface area (Å²) in [5.74, 6) is -0.288. The zero-order valence-electron chi connectivity index (χ0n) is 11.4. The summed E-state index contributed by atoms with van der Waals surface area (Å²) in [6, 6.07) is 7.74. The third-order valence-electron chi connectivity index (χ3n) is 3.77. The van der Waals surface area contributed by atoms with Crippen molar-refractivity contribution >= 4 is 11.8 Å². The maximum atomic E-state index is 12.4. The predicted octanol–water partition coefficient (Wildman–Crippen LogP) is 1.73. The molecule has 1 aromatic carbocycles. The van der Waals surface area contributed by atoms with Gasteiger partial charge in [0.2, 0.25) is 5.91 Å². The highest BCUT2D eigenvalue weighted by atomic mass is 16.2. The summed E-state index contributed by atoms with van der Waals surface area (Å²) in [5, 5.41) is 0. The fourth-order valence-electron chi connectivity index (χ4n) is 2.71. The Bertz CT molecular complexity index is 471. The van der Waals surface area contributed by atoms with Crippen molar-refractivity contribution < 1.29 is 9.59 Å². The van der Waals surface area contributed by atoms with Crippen LogP contribution in [-0.2, 0) is 11.2 Å². The Morgan fingerprint density at radius 1 is 1.16 bits per heavy atom. The van der Waals surface area contributed by atoms with E-state index in [4.69, 9.17) is 5.73 Å². The van der Waals surface area contributed by atoms with Crippen LogP contribution in [0.1, 0.15) is 42.6 Å². The number of rotatable bonds is 3. The fourth-order valence-corrected chi connectivity index (χ4v) is 2.71. The molecule has 1 saturated heterocycles. The van der Waals surface area contributed by atoms with Crippen LogP contribution in [0, 0.1) is 0 Å². The molecule has 0 bridgehead atoms. The number of likely N-dealkylation sites (tertiary alicyclic amines) is 1. The summed E-state index contributed by atoms with van der Waals surface area (Å²) >= 11 is 0. The van der Waals surface area contributed by atoms with E-state index in [0.29, 0.717) is 17.6 Å². The molecule has 2 amide bonds. The van der Waals surface area contributed by atoms with Crippen molar-refractivity contribution in [1.29, 1.82) is 0 Å². The third-order valence-corrected chi connectivity index (χ3v) is 3.77. The standard InChI is InChI=1S/C15H20N2O2/c1-10-3-4-11(2)17(10)15(19)13-7-5-12(6-8-13)9-14(16)18/h5-8,10-11H,3-4,9H2,1-2H3,(H2,16,18). The van der Waals surface area contributed by atoms with Crippen molar-refractivity contribution in [2.24, 2.45) is 5.73 Å². The molecular weight excluding hydrogens is 240 g/mol. The minimum absolute atomic E-state index is 0.0723. The lowest BCUT2D eigenvalue weighted by molar-refractivity contribution is -0.117. The quantitative estimate of drug-likeness (QED) is 0.899. The van der Waals surface area contributed by atoms with E-state index in [1.807, 2.05) is 4.90 Å². The second-order valence-corrected chi connectivity index (χ2v) is 5.33. The zero-order valence-corrected chi connectivity index (χ0v) is 11.4. The van der Waals surface area contributed by atoms with Crippen LogP contribution in [0.5, 0.6) is 0 Å². The second kappa shape index (κ2) is 5.43. The SMILES string of the molecule is CC1CCC(C)N1C(=O)c1ccc(CC(N)=O)cc1. The number of primary amides is 1. The van der Waals surface area contributed by atoms with Gasteiger partial charge in [-0.05, 0) is 44.4 Å². The molecule has 2 N–H and O–H groups in total. The molecule has 1 aliphatic rings. The lowest BCUT2D eigenvalue weighted by atomic mass is 10.1. The first-order valence-electron chi connectivity index (χ1n) is 6.69. The fraction of sp³-hybridized carbons (Fsp3) is 0.467. The van der Waals surface area contributed by atoms with Crippen LogP contribution in [-0.4, -0.2) is 28.8 Å². The second-order valence-electron chi connectivity index (χ2n) is 5.33. The Kier molecular flexibility index (Phi) is 3.88. The molecule has 0 spiro atoms. The number of nitrogens with two attached hydrogens (primary N) is 1.